The van der Waals surface area contributed by atoms with Gasteiger partial charge in [-0.2, -0.15) is 0 Å². The fraction of sp³-hybridized carbons (Fsp3) is 0.273. The maximum atomic E-state index is 12.5. The van der Waals surface area contributed by atoms with Crippen LogP contribution in [0.1, 0.15) is 24.2 Å². The highest BCUT2D eigenvalue weighted by Gasteiger charge is 2.13. The second kappa shape index (κ2) is 8.12. The molecule has 0 radical (unpaired) electrons. The highest BCUT2D eigenvalue weighted by atomic mass is 32.1. The van der Waals surface area contributed by atoms with E-state index >= 15 is 0 Å². The van der Waals surface area contributed by atoms with E-state index in [1.54, 1.807) is 11.3 Å². The Labute approximate surface area is 168 Å². The molecule has 4 rings (SSSR count). The first kappa shape index (κ1) is 18.7. The molecule has 0 spiro atoms. The zero-order valence-corrected chi connectivity index (χ0v) is 17.0. The number of benzene rings is 2. The SMILES string of the molecule is CCN(CC)CCNC(=O)c1ccc2c(c1)sc1nc(-c3ccccc3)cn12. The molecule has 4 aromatic rings. The monoisotopic (exact) mass is 392 g/mol. The smallest absolute Gasteiger partial charge is 0.251 e. The van der Waals surface area contributed by atoms with Crippen molar-refractivity contribution >= 4 is 32.4 Å². The van der Waals surface area contributed by atoms with Gasteiger partial charge in [-0.15, -0.1) is 0 Å². The van der Waals surface area contributed by atoms with Crippen molar-refractivity contribution in [1.29, 1.82) is 0 Å². The fourth-order valence-electron chi connectivity index (χ4n) is 3.36. The third-order valence-electron chi connectivity index (χ3n) is 5.03. The van der Waals surface area contributed by atoms with Crippen LogP contribution in [0, 0.1) is 0 Å². The number of carbonyl (C=O) groups excluding carboxylic acids is 1. The molecule has 0 aliphatic carbocycles. The minimum atomic E-state index is -0.0231. The average molecular weight is 393 g/mol. The molecule has 2 aromatic heterocycles. The van der Waals surface area contributed by atoms with Gasteiger partial charge in [-0.1, -0.05) is 55.5 Å². The number of nitrogens with zero attached hydrogens (tertiary/aromatic N) is 3. The molecule has 6 heteroatoms. The Morgan fingerprint density at radius 3 is 2.68 bits per heavy atom. The van der Waals surface area contributed by atoms with Crippen LogP contribution in [0.3, 0.4) is 0 Å². The van der Waals surface area contributed by atoms with Gasteiger partial charge in [-0.3, -0.25) is 9.20 Å². The van der Waals surface area contributed by atoms with Crippen molar-refractivity contribution in [2.24, 2.45) is 0 Å². The molecule has 2 heterocycles. The number of hydrogen-bond acceptors (Lipinski definition) is 4. The first-order valence-corrected chi connectivity index (χ1v) is 10.5. The second-order valence-corrected chi connectivity index (χ2v) is 7.72. The summed E-state index contributed by atoms with van der Waals surface area (Å²) >= 11 is 1.61. The van der Waals surface area contributed by atoms with Crippen molar-refractivity contribution < 1.29 is 4.79 Å². The van der Waals surface area contributed by atoms with Crippen molar-refractivity contribution in [2.45, 2.75) is 13.8 Å². The van der Waals surface area contributed by atoms with Gasteiger partial charge in [-0.25, -0.2) is 4.98 Å². The lowest BCUT2D eigenvalue weighted by molar-refractivity contribution is 0.0949. The lowest BCUT2D eigenvalue weighted by atomic mass is 10.2. The molecule has 0 bridgehead atoms. The van der Waals surface area contributed by atoms with Crippen LogP contribution in [0.5, 0.6) is 0 Å². The van der Waals surface area contributed by atoms with Crippen LogP contribution in [0.2, 0.25) is 0 Å². The Balaban J connectivity index is 1.54. The van der Waals surface area contributed by atoms with Crippen molar-refractivity contribution in [3.8, 4) is 11.3 Å². The molecule has 0 aliphatic rings. The first-order valence-electron chi connectivity index (χ1n) is 9.67. The van der Waals surface area contributed by atoms with E-state index in [-0.39, 0.29) is 5.91 Å². The maximum Gasteiger partial charge on any atom is 0.251 e. The van der Waals surface area contributed by atoms with Crippen molar-refractivity contribution in [1.82, 2.24) is 19.6 Å². The van der Waals surface area contributed by atoms with Crippen LogP contribution in [0.15, 0.2) is 54.7 Å². The molecule has 0 unspecified atom stereocenters. The van der Waals surface area contributed by atoms with E-state index in [0.717, 1.165) is 46.1 Å². The zero-order chi connectivity index (χ0) is 19.5. The summed E-state index contributed by atoms with van der Waals surface area (Å²) in [5.41, 5.74) is 3.84. The van der Waals surface area contributed by atoms with Gasteiger partial charge in [0, 0.05) is 30.4 Å². The molecule has 144 valence electrons. The summed E-state index contributed by atoms with van der Waals surface area (Å²) in [7, 11) is 0. The molecule has 1 amide bonds. The summed E-state index contributed by atoms with van der Waals surface area (Å²) in [5, 5.41) is 3.02. The molecule has 0 aliphatic heterocycles. The molecule has 0 saturated heterocycles. The number of thiazole rings is 1. The number of amides is 1. The van der Waals surface area contributed by atoms with Gasteiger partial charge in [0.25, 0.3) is 5.91 Å². The normalized spacial score (nSPS) is 11.5. The van der Waals surface area contributed by atoms with E-state index in [0.29, 0.717) is 12.1 Å². The van der Waals surface area contributed by atoms with Gasteiger partial charge in [0.1, 0.15) is 0 Å². The standard InChI is InChI=1S/C22H24N4OS/c1-3-25(4-2)13-12-23-21(27)17-10-11-19-20(14-17)28-22-24-18(15-26(19)22)16-8-6-5-7-9-16/h5-11,14-15H,3-4,12-13H2,1-2H3,(H,23,27). The quantitative estimate of drug-likeness (QED) is 0.510. The van der Waals surface area contributed by atoms with Crippen molar-refractivity contribution in [3.05, 3.63) is 60.3 Å². The summed E-state index contributed by atoms with van der Waals surface area (Å²) in [6.45, 7) is 7.80. The highest BCUT2D eigenvalue weighted by Crippen LogP contribution is 2.30. The largest absolute Gasteiger partial charge is 0.351 e. The molecule has 0 atom stereocenters. The minimum Gasteiger partial charge on any atom is -0.351 e. The second-order valence-electron chi connectivity index (χ2n) is 6.71. The fourth-order valence-corrected chi connectivity index (χ4v) is 4.41. The van der Waals surface area contributed by atoms with E-state index < -0.39 is 0 Å². The van der Waals surface area contributed by atoms with E-state index in [1.165, 1.54) is 0 Å². The van der Waals surface area contributed by atoms with E-state index in [1.807, 2.05) is 36.4 Å². The number of nitrogens with one attached hydrogen (secondary N) is 1. The molecule has 0 saturated carbocycles. The van der Waals surface area contributed by atoms with Crippen LogP contribution < -0.4 is 5.32 Å². The van der Waals surface area contributed by atoms with Crippen LogP contribution in [-0.2, 0) is 0 Å². The van der Waals surface area contributed by atoms with Crippen molar-refractivity contribution in [3.63, 3.8) is 0 Å². The Morgan fingerprint density at radius 1 is 1.14 bits per heavy atom. The Bertz CT molecular complexity index is 1100. The van der Waals surface area contributed by atoms with E-state index in [9.17, 15) is 4.79 Å². The number of hydrogen-bond donors (Lipinski definition) is 1. The highest BCUT2D eigenvalue weighted by molar-refractivity contribution is 7.23. The Kier molecular flexibility index (Phi) is 5.41. The first-order chi connectivity index (χ1) is 13.7. The third kappa shape index (κ3) is 3.66. The summed E-state index contributed by atoms with van der Waals surface area (Å²) < 4.78 is 3.17. The summed E-state index contributed by atoms with van der Waals surface area (Å²) in [6, 6.07) is 16.0. The summed E-state index contributed by atoms with van der Waals surface area (Å²) in [4.78, 5) is 20.5. The van der Waals surface area contributed by atoms with Gasteiger partial charge in [0.2, 0.25) is 0 Å². The van der Waals surface area contributed by atoms with Crippen LogP contribution in [0.4, 0.5) is 0 Å². The maximum absolute atomic E-state index is 12.5. The van der Waals surface area contributed by atoms with E-state index in [4.69, 9.17) is 4.98 Å². The Morgan fingerprint density at radius 2 is 1.93 bits per heavy atom. The zero-order valence-electron chi connectivity index (χ0n) is 16.2. The van der Waals surface area contributed by atoms with Gasteiger partial charge in [0.15, 0.2) is 4.96 Å². The number of likely N-dealkylation sites (N-methyl/N-ethyl adjacent to an activating group) is 1. The molecule has 1 N–H and O–H groups in total. The van der Waals surface area contributed by atoms with Gasteiger partial charge in [0.05, 0.1) is 15.9 Å². The molecule has 2 aromatic carbocycles. The topological polar surface area (TPSA) is 49.6 Å². The number of imidazole rings is 1. The van der Waals surface area contributed by atoms with Crippen LogP contribution in [-0.4, -0.2) is 46.4 Å². The number of rotatable bonds is 7. The number of carbonyl (C=O) groups is 1. The van der Waals surface area contributed by atoms with E-state index in [2.05, 4.69) is 46.8 Å². The molecular weight excluding hydrogens is 368 g/mol. The number of fused-ring (bicyclic) bond motifs is 3. The van der Waals surface area contributed by atoms with Crippen molar-refractivity contribution in [2.75, 3.05) is 26.2 Å². The molecule has 5 nitrogen and oxygen atoms in total. The molecule has 0 fully saturated rings. The number of aromatic nitrogens is 2. The third-order valence-corrected chi connectivity index (χ3v) is 6.05. The summed E-state index contributed by atoms with van der Waals surface area (Å²) in [6.07, 6.45) is 2.06. The molecular formula is C22H24N4OS. The lowest BCUT2D eigenvalue weighted by Gasteiger charge is -2.17. The van der Waals surface area contributed by atoms with Gasteiger partial charge >= 0.3 is 0 Å². The lowest BCUT2D eigenvalue weighted by Crippen LogP contribution is -2.34. The van der Waals surface area contributed by atoms with Crippen LogP contribution in [0.25, 0.3) is 26.4 Å². The summed E-state index contributed by atoms with van der Waals surface area (Å²) in [5.74, 6) is -0.0231. The molecule has 28 heavy (non-hydrogen) atoms. The van der Waals surface area contributed by atoms with Crippen LogP contribution >= 0.6 is 11.3 Å². The van der Waals surface area contributed by atoms with Gasteiger partial charge < -0.3 is 10.2 Å². The average Bonchev–Trinajstić information content (AvgIpc) is 3.29. The Hall–Kier alpha value is -2.70. The predicted molar refractivity (Wildman–Crippen MR) is 116 cm³/mol. The predicted octanol–water partition coefficient (Wildman–Crippen LogP) is 4.29. The van der Waals surface area contributed by atoms with Gasteiger partial charge in [-0.05, 0) is 31.3 Å². The minimum absolute atomic E-state index is 0.0231.